The third-order valence-corrected chi connectivity index (χ3v) is 14.3. The first-order chi connectivity index (χ1) is 33.5. The van der Waals surface area contributed by atoms with Crippen LogP contribution in [0.15, 0.2) is 24.3 Å². The predicted molar refractivity (Wildman–Crippen MR) is 296 cm³/mol. The van der Waals surface area contributed by atoms with E-state index >= 15 is 0 Å². The van der Waals surface area contributed by atoms with E-state index in [0.717, 1.165) is 64.2 Å². The molecule has 0 spiro atoms. The van der Waals surface area contributed by atoms with E-state index < -0.39 is 18.2 Å². The number of amides is 1. The smallest absolute Gasteiger partial charge is 0.306 e. The topological polar surface area (TPSA) is 95.9 Å². The van der Waals surface area contributed by atoms with E-state index in [1.54, 1.807) is 0 Å². The Morgan fingerprint density at radius 1 is 0.426 bits per heavy atom. The predicted octanol–water partition coefficient (Wildman–Crippen LogP) is 19.0. The molecule has 0 saturated heterocycles. The number of aliphatic hydroxyl groups is 2. The Hall–Kier alpha value is -1.66. The van der Waals surface area contributed by atoms with Gasteiger partial charge in [-0.25, -0.2) is 0 Å². The number of ether oxygens (including phenoxy) is 1. The molecule has 3 unspecified atom stereocenters. The number of aliphatic hydroxyl groups excluding tert-OH is 2. The van der Waals surface area contributed by atoms with Gasteiger partial charge in [0.1, 0.15) is 6.10 Å². The van der Waals surface area contributed by atoms with Crippen LogP contribution >= 0.6 is 0 Å². The summed E-state index contributed by atoms with van der Waals surface area (Å²) in [5.74, 6) is -0.465. The normalized spacial score (nSPS) is 13.2. The highest BCUT2D eigenvalue weighted by atomic mass is 16.5. The molecule has 0 radical (unpaired) electrons. The molecule has 0 aliphatic heterocycles. The van der Waals surface area contributed by atoms with Gasteiger partial charge in [-0.15, -0.1) is 0 Å². The van der Waals surface area contributed by atoms with Crippen LogP contribution in [0.2, 0.25) is 0 Å². The molecule has 6 nitrogen and oxygen atoms in total. The van der Waals surface area contributed by atoms with Crippen LogP contribution in [0.1, 0.15) is 335 Å². The molecule has 3 atom stereocenters. The highest BCUT2D eigenvalue weighted by molar-refractivity contribution is 5.77. The van der Waals surface area contributed by atoms with Crippen LogP contribution in [0.3, 0.4) is 0 Å². The zero-order chi connectivity index (χ0) is 49.5. The molecule has 0 aromatic carbocycles. The lowest BCUT2D eigenvalue weighted by atomic mass is 10.0. The van der Waals surface area contributed by atoms with Crippen LogP contribution in [0.4, 0.5) is 0 Å². The number of nitrogens with one attached hydrogen (secondary N) is 1. The average Bonchev–Trinajstić information content (AvgIpc) is 3.33. The highest BCUT2D eigenvalue weighted by Gasteiger charge is 2.24. The maximum atomic E-state index is 13.3. The zero-order valence-corrected chi connectivity index (χ0v) is 46.0. The summed E-state index contributed by atoms with van der Waals surface area (Å²) in [5, 5.41) is 23.9. The molecule has 6 heteroatoms. The van der Waals surface area contributed by atoms with E-state index in [1.807, 2.05) is 0 Å². The minimum atomic E-state index is -0.789. The third kappa shape index (κ3) is 50.7. The Balaban J connectivity index is 4.50. The quantitative estimate of drug-likeness (QED) is 0.0321. The molecule has 0 aliphatic carbocycles. The lowest BCUT2D eigenvalue weighted by Crippen LogP contribution is -2.46. The van der Waals surface area contributed by atoms with Gasteiger partial charge in [-0.05, 0) is 57.8 Å². The molecule has 0 saturated carbocycles. The van der Waals surface area contributed by atoms with Crippen LogP contribution in [0.25, 0.3) is 0 Å². The molecule has 3 N–H and O–H groups in total. The van der Waals surface area contributed by atoms with Crippen LogP contribution in [-0.4, -0.2) is 46.9 Å². The first-order valence-corrected chi connectivity index (χ1v) is 30.6. The minimum Gasteiger partial charge on any atom is -0.462 e. The van der Waals surface area contributed by atoms with Gasteiger partial charge in [-0.1, -0.05) is 289 Å². The van der Waals surface area contributed by atoms with E-state index in [-0.39, 0.29) is 24.9 Å². The molecule has 0 aromatic heterocycles. The van der Waals surface area contributed by atoms with Gasteiger partial charge in [0, 0.05) is 6.42 Å². The van der Waals surface area contributed by atoms with Gasteiger partial charge in [-0.2, -0.15) is 0 Å². The summed E-state index contributed by atoms with van der Waals surface area (Å²) >= 11 is 0. The molecule has 68 heavy (non-hydrogen) atoms. The molecule has 0 fully saturated rings. The second kappa shape index (κ2) is 56.3. The molecule has 402 valence electrons. The summed E-state index contributed by atoms with van der Waals surface area (Å²) in [5.41, 5.74) is 0. The van der Waals surface area contributed by atoms with Crippen molar-refractivity contribution >= 4 is 11.9 Å². The Kier molecular flexibility index (Phi) is 54.9. The monoisotopic (exact) mass is 958 g/mol. The number of rotatable bonds is 56. The lowest BCUT2D eigenvalue weighted by Gasteiger charge is -2.24. The average molecular weight is 959 g/mol. The summed E-state index contributed by atoms with van der Waals surface area (Å²) in [6.07, 6.45) is 66.8. The van der Waals surface area contributed by atoms with E-state index in [9.17, 15) is 19.8 Å². The van der Waals surface area contributed by atoms with E-state index in [0.29, 0.717) is 19.3 Å². The van der Waals surface area contributed by atoms with Crippen molar-refractivity contribution in [2.75, 3.05) is 6.61 Å². The molecule has 1 amide bonds. The fourth-order valence-corrected chi connectivity index (χ4v) is 9.64. The van der Waals surface area contributed by atoms with Gasteiger partial charge < -0.3 is 20.3 Å². The van der Waals surface area contributed by atoms with Crippen molar-refractivity contribution in [3.63, 3.8) is 0 Å². The molecule has 0 rings (SSSR count). The molecule has 0 bridgehead atoms. The third-order valence-electron chi connectivity index (χ3n) is 14.3. The summed E-state index contributed by atoms with van der Waals surface area (Å²) in [4.78, 5) is 26.3. The van der Waals surface area contributed by atoms with Crippen molar-refractivity contribution < 1.29 is 24.5 Å². The SMILES string of the molecule is CCCCC/C=C\C/C=C\CCCCCCCC(CC(=O)NC(CO)C(O)CCCCCCCCCCCCCCCCCCC)OC(=O)CCCCCCCCCCCCCCCCCCC. The van der Waals surface area contributed by atoms with Crippen molar-refractivity contribution in [3.05, 3.63) is 24.3 Å². The lowest BCUT2D eigenvalue weighted by molar-refractivity contribution is -0.151. The first kappa shape index (κ1) is 66.3. The molecular weight excluding hydrogens is 839 g/mol. The number of unbranched alkanes of at least 4 members (excludes halogenated alkanes) is 40. The fourth-order valence-electron chi connectivity index (χ4n) is 9.64. The number of allylic oxidation sites excluding steroid dienone is 4. The van der Waals surface area contributed by atoms with Gasteiger partial charge in [0.15, 0.2) is 0 Å². The number of hydrogen-bond acceptors (Lipinski definition) is 5. The molecule has 0 aliphatic rings. The summed E-state index contributed by atoms with van der Waals surface area (Å²) in [7, 11) is 0. The van der Waals surface area contributed by atoms with Gasteiger partial charge >= 0.3 is 5.97 Å². The van der Waals surface area contributed by atoms with Crippen LogP contribution in [-0.2, 0) is 14.3 Å². The molecule has 0 heterocycles. The van der Waals surface area contributed by atoms with Crippen molar-refractivity contribution in [2.24, 2.45) is 0 Å². The van der Waals surface area contributed by atoms with E-state index in [1.165, 1.54) is 225 Å². The van der Waals surface area contributed by atoms with E-state index in [4.69, 9.17) is 4.74 Å². The number of carbonyl (C=O) groups excluding carboxylic acids is 2. The standard InChI is InChI=1S/C62H119NO5/c1-4-7-10-13-16-19-22-25-28-30-33-36-39-42-45-48-51-54-60(65)59(57-64)63-61(66)56-58(53-50-47-44-41-38-35-32-27-24-21-18-15-12-9-6-3)68-62(67)55-52-49-46-43-40-37-34-31-29-26-23-20-17-14-11-8-5-2/h18,21,27,32,58-60,64-65H,4-17,19-20,22-26,28-31,33-57H2,1-3H3,(H,63,66)/b21-18-,32-27-. The van der Waals surface area contributed by atoms with Crippen molar-refractivity contribution in [1.82, 2.24) is 5.32 Å². The van der Waals surface area contributed by atoms with E-state index in [2.05, 4.69) is 50.4 Å². The molecular formula is C62H119NO5. The van der Waals surface area contributed by atoms with Gasteiger partial charge in [0.2, 0.25) is 5.91 Å². The fraction of sp³-hybridized carbons (Fsp3) is 0.903. The number of carbonyl (C=O) groups is 2. The minimum absolute atomic E-state index is 0.0744. The second-order valence-corrected chi connectivity index (χ2v) is 21.1. The Bertz CT molecular complexity index is 1080. The summed E-state index contributed by atoms with van der Waals surface area (Å²) in [6.45, 7) is 6.51. The maximum absolute atomic E-state index is 13.3. The Morgan fingerprint density at radius 3 is 1.15 bits per heavy atom. The maximum Gasteiger partial charge on any atom is 0.306 e. The van der Waals surface area contributed by atoms with Gasteiger partial charge in [0.05, 0.1) is 25.2 Å². The number of hydrogen-bond donors (Lipinski definition) is 3. The van der Waals surface area contributed by atoms with Crippen molar-refractivity contribution in [3.8, 4) is 0 Å². The second-order valence-electron chi connectivity index (χ2n) is 21.1. The van der Waals surface area contributed by atoms with Gasteiger partial charge in [0.25, 0.3) is 0 Å². The van der Waals surface area contributed by atoms with Crippen molar-refractivity contribution in [2.45, 2.75) is 354 Å². The Morgan fingerprint density at radius 2 is 0.750 bits per heavy atom. The molecule has 0 aromatic rings. The van der Waals surface area contributed by atoms with Crippen LogP contribution in [0, 0.1) is 0 Å². The van der Waals surface area contributed by atoms with Gasteiger partial charge in [-0.3, -0.25) is 9.59 Å². The summed E-state index contributed by atoms with van der Waals surface area (Å²) < 4.78 is 5.97. The highest BCUT2D eigenvalue weighted by Crippen LogP contribution is 2.19. The Labute approximate surface area is 424 Å². The first-order valence-electron chi connectivity index (χ1n) is 30.6. The summed E-state index contributed by atoms with van der Waals surface area (Å²) in [6, 6.07) is -0.703. The largest absolute Gasteiger partial charge is 0.462 e. The number of esters is 1. The van der Waals surface area contributed by atoms with Crippen molar-refractivity contribution in [1.29, 1.82) is 0 Å². The van der Waals surface area contributed by atoms with Crippen LogP contribution in [0.5, 0.6) is 0 Å². The zero-order valence-electron chi connectivity index (χ0n) is 46.0. The van der Waals surface area contributed by atoms with Crippen LogP contribution < -0.4 is 5.32 Å².